The average Bonchev–Trinajstić information content (AvgIpc) is 3.06. The highest BCUT2D eigenvalue weighted by atomic mass is 16.5. The maximum absolute atomic E-state index is 12.1. The van der Waals surface area contributed by atoms with E-state index >= 15 is 0 Å². The Morgan fingerprint density at radius 3 is 2.72 bits per heavy atom. The van der Waals surface area contributed by atoms with E-state index in [0.29, 0.717) is 34.6 Å². The molecule has 0 aliphatic carbocycles. The molecule has 148 valence electrons. The Hall–Kier alpha value is -3.41. The number of aromatic nitrogens is 3. The van der Waals surface area contributed by atoms with Crippen LogP contribution in [-0.2, 0) is 0 Å². The maximum atomic E-state index is 12.1. The number of carbonyl (C=O) groups is 1. The smallest absolute Gasteiger partial charge is 0.336 e. The normalized spacial score (nSPS) is 11.3. The lowest BCUT2D eigenvalue weighted by Crippen LogP contribution is -2.05. The first kappa shape index (κ1) is 18.9. The molecule has 0 fully saturated rings. The fourth-order valence-corrected chi connectivity index (χ4v) is 3.54. The predicted molar refractivity (Wildman–Crippen MR) is 113 cm³/mol. The SMILES string of the molecule is CCCCOc1ccc(C)c2nc(-c3nc4ccccn4c3C)cc(C(=O)O)c12. The largest absolute Gasteiger partial charge is 0.493 e. The first-order valence-corrected chi connectivity index (χ1v) is 9.75. The number of hydrogen-bond donors (Lipinski definition) is 1. The third-order valence-electron chi connectivity index (χ3n) is 5.12. The second kappa shape index (κ2) is 7.54. The highest BCUT2D eigenvalue weighted by molar-refractivity contribution is 6.07. The molecule has 3 aromatic heterocycles. The number of nitrogens with zero attached hydrogens (tertiary/aromatic N) is 3. The number of imidazole rings is 1. The lowest BCUT2D eigenvalue weighted by atomic mass is 10.0. The monoisotopic (exact) mass is 389 g/mol. The van der Waals surface area contributed by atoms with Gasteiger partial charge in [-0.3, -0.25) is 0 Å². The third-order valence-corrected chi connectivity index (χ3v) is 5.12. The number of pyridine rings is 2. The summed E-state index contributed by atoms with van der Waals surface area (Å²) >= 11 is 0. The van der Waals surface area contributed by atoms with Gasteiger partial charge in [0.25, 0.3) is 0 Å². The molecule has 0 unspecified atom stereocenters. The summed E-state index contributed by atoms with van der Waals surface area (Å²) in [7, 11) is 0. The van der Waals surface area contributed by atoms with Crippen LogP contribution in [0.5, 0.6) is 5.75 Å². The van der Waals surface area contributed by atoms with Gasteiger partial charge in [0.15, 0.2) is 0 Å². The predicted octanol–water partition coefficient (Wildman–Crippen LogP) is 5.04. The van der Waals surface area contributed by atoms with Crippen LogP contribution in [0.3, 0.4) is 0 Å². The van der Waals surface area contributed by atoms with Crippen molar-refractivity contribution in [2.75, 3.05) is 6.61 Å². The fourth-order valence-electron chi connectivity index (χ4n) is 3.54. The van der Waals surface area contributed by atoms with Crippen molar-refractivity contribution in [1.82, 2.24) is 14.4 Å². The van der Waals surface area contributed by atoms with E-state index in [9.17, 15) is 9.90 Å². The highest BCUT2D eigenvalue weighted by Crippen LogP contribution is 2.34. The molecule has 4 rings (SSSR count). The van der Waals surface area contributed by atoms with Gasteiger partial charge in [-0.05, 0) is 50.1 Å². The molecule has 0 atom stereocenters. The van der Waals surface area contributed by atoms with Crippen LogP contribution >= 0.6 is 0 Å². The minimum absolute atomic E-state index is 0.177. The van der Waals surface area contributed by atoms with E-state index in [2.05, 4.69) is 11.9 Å². The van der Waals surface area contributed by atoms with E-state index < -0.39 is 5.97 Å². The van der Waals surface area contributed by atoms with Crippen LogP contribution in [0.25, 0.3) is 27.9 Å². The Labute approximate surface area is 168 Å². The number of benzene rings is 1. The summed E-state index contributed by atoms with van der Waals surface area (Å²) in [6, 6.07) is 11.1. The van der Waals surface area contributed by atoms with Crippen molar-refractivity contribution >= 4 is 22.5 Å². The number of carboxylic acid groups (broad SMARTS) is 1. The molecule has 6 heteroatoms. The van der Waals surface area contributed by atoms with Crippen LogP contribution in [0.2, 0.25) is 0 Å². The number of carboxylic acids is 1. The van der Waals surface area contributed by atoms with E-state index in [1.54, 1.807) is 6.07 Å². The molecule has 0 aliphatic heterocycles. The molecule has 6 nitrogen and oxygen atoms in total. The van der Waals surface area contributed by atoms with Crippen LogP contribution in [0.15, 0.2) is 42.6 Å². The molecule has 1 N–H and O–H groups in total. The number of aromatic carboxylic acids is 1. The number of fused-ring (bicyclic) bond motifs is 2. The van der Waals surface area contributed by atoms with Crippen LogP contribution in [-0.4, -0.2) is 32.1 Å². The van der Waals surface area contributed by atoms with Gasteiger partial charge < -0.3 is 14.2 Å². The van der Waals surface area contributed by atoms with E-state index in [0.717, 1.165) is 29.7 Å². The Morgan fingerprint density at radius 2 is 2.00 bits per heavy atom. The maximum Gasteiger partial charge on any atom is 0.336 e. The molecule has 0 aliphatic rings. The van der Waals surface area contributed by atoms with Gasteiger partial charge in [-0.15, -0.1) is 0 Å². The molecule has 0 bridgehead atoms. The number of unbranched alkanes of at least 4 members (excludes halogenated alkanes) is 1. The first-order valence-electron chi connectivity index (χ1n) is 9.75. The molecular weight excluding hydrogens is 366 g/mol. The van der Waals surface area contributed by atoms with Gasteiger partial charge >= 0.3 is 5.97 Å². The van der Waals surface area contributed by atoms with E-state index in [4.69, 9.17) is 9.72 Å². The van der Waals surface area contributed by atoms with Crippen LogP contribution in [0.1, 0.15) is 41.4 Å². The summed E-state index contributed by atoms with van der Waals surface area (Å²) in [4.78, 5) is 21.6. The number of ether oxygens (including phenoxy) is 1. The molecule has 1 aromatic carbocycles. The van der Waals surface area contributed by atoms with Gasteiger partial charge in [0.1, 0.15) is 17.1 Å². The van der Waals surface area contributed by atoms with Gasteiger partial charge in [0.2, 0.25) is 0 Å². The fraction of sp³-hybridized carbons (Fsp3) is 0.261. The standard InChI is InChI=1S/C23H23N3O3/c1-4-5-12-29-18-10-9-14(2)21-20(18)16(23(27)28)13-17(24-21)22-15(3)26-11-7-6-8-19(26)25-22/h6-11,13H,4-5,12H2,1-3H3,(H,27,28). The Kier molecular flexibility index (Phi) is 4.92. The summed E-state index contributed by atoms with van der Waals surface area (Å²) in [6.45, 7) is 6.52. The van der Waals surface area contributed by atoms with Crippen molar-refractivity contribution in [2.45, 2.75) is 33.6 Å². The van der Waals surface area contributed by atoms with Crippen molar-refractivity contribution < 1.29 is 14.6 Å². The van der Waals surface area contributed by atoms with Crippen molar-refractivity contribution in [2.24, 2.45) is 0 Å². The van der Waals surface area contributed by atoms with Crippen molar-refractivity contribution in [3.63, 3.8) is 0 Å². The minimum atomic E-state index is -1.01. The van der Waals surface area contributed by atoms with Gasteiger partial charge in [-0.1, -0.05) is 25.5 Å². The van der Waals surface area contributed by atoms with Crippen LogP contribution in [0.4, 0.5) is 0 Å². The second-order valence-electron chi connectivity index (χ2n) is 7.14. The summed E-state index contributed by atoms with van der Waals surface area (Å²) in [6.07, 6.45) is 3.85. The van der Waals surface area contributed by atoms with Gasteiger partial charge in [0, 0.05) is 11.9 Å². The van der Waals surface area contributed by atoms with Crippen molar-refractivity contribution in [3.8, 4) is 17.1 Å². The Morgan fingerprint density at radius 1 is 1.17 bits per heavy atom. The molecule has 29 heavy (non-hydrogen) atoms. The van der Waals surface area contributed by atoms with E-state index in [-0.39, 0.29) is 5.56 Å². The summed E-state index contributed by atoms with van der Waals surface area (Å²) < 4.78 is 7.87. The van der Waals surface area contributed by atoms with Gasteiger partial charge in [0.05, 0.1) is 28.8 Å². The van der Waals surface area contributed by atoms with Gasteiger partial charge in [-0.25, -0.2) is 14.8 Å². The first-order chi connectivity index (χ1) is 14.0. The Balaban J connectivity index is 1.96. The summed E-state index contributed by atoms with van der Waals surface area (Å²) in [5.41, 5.74) is 4.64. The molecule has 0 radical (unpaired) electrons. The lowest BCUT2D eigenvalue weighted by molar-refractivity contribution is 0.0698. The number of hydrogen-bond acceptors (Lipinski definition) is 4. The number of aryl methyl sites for hydroxylation is 2. The van der Waals surface area contributed by atoms with Crippen molar-refractivity contribution in [3.05, 3.63) is 59.4 Å². The lowest BCUT2D eigenvalue weighted by Gasteiger charge is -2.14. The quantitative estimate of drug-likeness (QED) is 0.467. The molecule has 3 heterocycles. The zero-order valence-electron chi connectivity index (χ0n) is 16.8. The molecule has 0 saturated carbocycles. The zero-order valence-corrected chi connectivity index (χ0v) is 16.8. The molecular formula is C23H23N3O3. The van der Waals surface area contributed by atoms with E-state index in [1.165, 1.54) is 0 Å². The van der Waals surface area contributed by atoms with Crippen LogP contribution < -0.4 is 4.74 Å². The Bertz CT molecular complexity index is 1230. The second-order valence-corrected chi connectivity index (χ2v) is 7.14. The molecule has 0 amide bonds. The summed E-state index contributed by atoms with van der Waals surface area (Å²) in [5, 5.41) is 10.5. The molecule has 0 saturated heterocycles. The van der Waals surface area contributed by atoms with Crippen molar-refractivity contribution in [1.29, 1.82) is 0 Å². The molecule has 4 aromatic rings. The van der Waals surface area contributed by atoms with Crippen LogP contribution in [0, 0.1) is 13.8 Å². The van der Waals surface area contributed by atoms with E-state index in [1.807, 2.05) is 54.8 Å². The molecule has 0 spiro atoms. The summed E-state index contributed by atoms with van der Waals surface area (Å²) in [5.74, 6) is -0.451. The third kappa shape index (κ3) is 3.31. The average molecular weight is 389 g/mol. The van der Waals surface area contributed by atoms with Gasteiger partial charge in [-0.2, -0.15) is 0 Å². The zero-order chi connectivity index (χ0) is 20.5. The topological polar surface area (TPSA) is 76.7 Å². The highest BCUT2D eigenvalue weighted by Gasteiger charge is 2.20. The number of rotatable bonds is 6. The minimum Gasteiger partial charge on any atom is -0.493 e.